The molecule has 2 rings (SSSR count). The van der Waals surface area contributed by atoms with Crippen LogP contribution in [0, 0.1) is 0 Å². The van der Waals surface area contributed by atoms with E-state index in [1.807, 2.05) is 72.7 Å². The van der Waals surface area contributed by atoms with E-state index < -0.39 is 0 Å². The number of nitrogens with zero attached hydrogens (tertiary/aromatic N) is 1. The monoisotopic (exact) mass is 328 g/mol. The number of H-pyrrole nitrogens is 1. The molecule has 0 amide bonds. The van der Waals surface area contributed by atoms with E-state index >= 15 is 0 Å². The van der Waals surface area contributed by atoms with Crippen LogP contribution in [0.25, 0.3) is 17.0 Å². The third-order valence-corrected chi connectivity index (χ3v) is 2.81. The molecule has 1 aromatic carbocycles. The van der Waals surface area contributed by atoms with Gasteiger partial charge in [-0.05, 0) is 31.1 Å². The first kappa shape index (κ1) is 24.2. The average molecular weight is 329 g/mol. The van der Waals surface area contributed by atoms with E-state index in [0.717, 1.165) is 23.0 Å². The van der Waals surface area contributed by atoms with Crippen molar-refractivity contribution in [2.75, 3.05) is 0 Å². The number of allylic oxidation sites excluding steroid dienone is 5. The van der Waals surface area contributed by atoms with Gasteiger partial charge < -0.3 is 0 Å². The molecule has 2 nitrogen and oxygen atoms in total. The summed E-state index contributed by atoms with van der Waals surface area (Å²) in [7, 11) is 0. The largest absolute Gasteiger partial charge is 0.277 e. The third kappa shape index (κ3) is 8.52. The van der Waals surface area contributed by atoms with Crippen LogP contribution in [0.1, 0.15) is 67.5 Å². The number of nitrogens with one attached hydrogen (secondary N) is 1. The lowest BCUT2D eigenvalue weighted by atomic mass is 10.1. The summed E-state index contributed by atoms with van der Waals surface area (Å²) < 4.78 is 0. The van der Waals surface area contributed by atoms with Crippen LogP contribution in [0.3, 0.4) is 0 Å². The number of hydrogen-bond acceptors (Lipinski definition) is 1. The van der Waals surface area contributed by atoms with Crippen molar-refractivity contribution in [3.8, 4) is 0 Å². The second-order valence-corrected chi connectivity index (χ2v) is 4.09. The standard InChI is InChI=1S/C16H18N2.3C2H6/c1-3-5-8-13(4-2)11-12-16-14-9-6-7-10-15(14)17-18-16;3*1-2/h4-12H,3H2,1-2H3,(H,17,18);3*1-2H3/b8-5-,12-11+,13-4+;;;. The first-order valence-electron chi connectivity index (χ1n) is 9.29. The molecule has 2 aromatic rings. The SMILES string of the molecule is C/C=C(\C=C/CC)/C=C/c1n[nH]c2ccccc12.CC.CC.CC. The van der Waals surface area contributed by atoms with Crippen LogP contribution in [0.5, 0.6) is 0 Å². The van der Waals surface area contributed by atoms with Gasteiger partial charge in [-0.3, -0.25) is 5.10 Å². The molecular formula is C22H36N2. The molecular weight excluding hydrogens is 292 g/mol. The van der Waals surface area contributed by atoms with Gasteiger partial charge in [0.15, 0.2) is 0 Å². The fourth-order valence-corrected chi connectivity index (χ4v) is 1.79. The van der Waals surface area contributed by atoms with Gasteiger partial charge in [0.25, 0.3) is 0 Å². The molecule has 0 unspecified atom stereocenters. The molecule has 0 aliphatic heterocycles. The fraction of sp³-hybridized carbons (Fsp3) is 0.409. The van der Waals surface area contributed by atoms with Gasteiger partial charge in [-0.2, -0.15) is 5.10 Å². The Morgan fingerprint density at radius 1 is 1.00 bits per heavy atom. The first-order chi connectivity index (χ1) is 11.8. The van der Waals surface area contributed by atoms with Crippen LogP contribution in [-0.2, 0) is 0 Å². The molecule has 0 spiro atoms. The van der Waals surface area contributed by atoms with Crippen LogP contribution >= 0.6 is 0 Å². The Morgan fingerprint density at radius 2 is 1.62 bits per heavy atom. The predicted octanol–water partition coefficient (Wildman–Crippen LogP) is 7.57. The van der Waals surface area contributed by atoms with E-state index in [1.54, 1.807) is 0 Å². The van der Waals surface area contributed by atoms with Crippen LogP contribution in [0.2, 0.25) is 0 Å². The number of benzene rings is 1. The molecule has 0 fully saturated rings. The van der Waals surface area contributed by atoms with Crippen LogP contribution in [0.15, 0.2) is 54.1 Å². The zero-order valence-corrected chi connectivity index (χ0v) is 16.9. The van der Waals surface area contributed by atoms with Gasteiger partial charge in [-0.1, -0.05) is 91.0 Å². The lowest BCUT2D eigenvalue weighted by Crippen LogP contribution is -1.74. The van der Waals surface area contributed by atoms with Gasteiger partial charge >= 0.3 is 0 Å². The lowest BCUT2D eigenvalue weighted by Gasteiger charge is -1.92. The van der Waals surface area contributed by atoms with Gasteiger partial charge in [0.2, 0.25) is 0 Å². The average Bonchev–Trinajstić information content (AvgIpc) is 3.10. The zero-order chi connectivity index (χ0) is 18.8. The minimum Gasteiger partial charge on any atom is -0.277 e. The Hall–Kier alpha value is -2.09. The van der Waals surface area contributed by atoms with E-state index in [9.17, 15) is 0 Å². The fourth-order valence-electron chi connectivity index (χ4n) is 1.79. The number of hydrogen-bond donors (Lipinski definition) is 1. The summed E-state index contributed by atoms with van der Waals surface area (Å²) in [4.78, 5) is 0. The Balaban J connectivity index is 0. The van der Waals surface area contributed by atoms with Crippen LogP contribution < -0.4 is 0 Å². The van der Waals surface area contributed by atoms with Crippen molar-refractivity contribution in [1.82, 2.24) is 10.2 Å². The molecule has 2 heteroatoms. The summed E-state index contributed by atoms with van der Waals surface area (Å²) in [5.41, 5.74) is 3.25. The summed E-state index contributed by atoms with van der Waals surface area (Å²) in [5.74, 6) is 0. The second-order valence-electron chi connectivity index (χ2n) is 4.09. The van der Waals surface area contributed by atoms with Crippen molar-refractivity contribution >= 4 is 17.0 Å². The number of para-hydroxylation sites is 1. The molecule has 0 aliphatic rings. The van der Waals surface area contributed by atoms with Crippen LogP contribution in [0.4, 0.5) is 0 Å². The minimum absolute atomic E-state index is 0.981. The quantitative estimate of drug-likeness (QED) is 0.576. The number of aromatic nitrogens is 2. The van der Waals surface area contributed by atoms with Gasteiger partial charge in [0.1, 0.15) is 0 Å². The third-order valence-electron chi connectivity index (χ3n) is 2.81. The molecule has 134 valence electrons. The predicted molar refractivity (Wildman–Crippen MR) is 112 cm³/mol. The maximum Gasteiger partial charge on any atom is 0.0927 e. The topological polar surface area (TPSA) is 28.7 Å². The van der Waals surface area contributed by atoms with Crippen molar-refractivity contribution in [2.45, 2.75) is 61.8 Å². The molecule has 0 saturated carbocycles. The number of rotatable bonds is 4. The maximum absolute atomic E-state index is 4.32. The highest BCUT2D eigenvalue weighted by atomic mass is 15.1. The Morgan fingerprint density at radius 3 is 2.21 bits per heavy atom. The number of aromatic amines is 1. The highest BCUT2D eigenvalue weighted by Crippen LogP contribution is 2.17. The highest BCUT2D eigenvalue weighted by molar-refractivity contribution is 5.86. The van der Waals surface area contributed by atoms with E-state index in [0.29, 0.717) is 0 Å². The Bertz CT molecular complexity index is 601. The molecule has 0 atom stereocenters. The molecule has 0 saturated heterocycles. The van der Waals surface area contributed by atoms with E-state index in [-0.39, 0.29) is 0 Å². The van der Waals surface area contributed by atoms with Crippen molar-refractivity contribution in [3.05, 3.63) is 59.8 Å². The highest BCUT2D eigenvalue weighted by Gasteiger charge is 2.00. The normalized spacial score (nSPS) is 10.6. The smallest absolute Gasteiger partial charge is 0.0927 e. The molecule has 0 bridgehead atoms. The maximum atomic E-state index is 4.32. The van der Waals surface area contributed by atoms with Gasteiger partial charge in [0.05, 0.1) is 11.2 Å². The van der Waals surface area contributed by atoms with Gasteiger partial charge in [0, 0.05) is 5.39 Å². The van der Waals surface area contributed by atoms with Crippen molar-refractivity contribution in [2.24, 2.45) is 0 Å². The zero-order valence-electron chi connectivity index (χ0n) is 16.9. The van der Waals surface area contributed by atoms with Crippen LogP contribution in [-0.4, -0.2) is 10.2 Å². The van der Waals surface area contributed by atoms with Crippen molar-refractivity contribution < 1.29 is 0 Å². The van der Waals surface area contributed by atoms with Crippen molar-refractivity contribution in [3.63, 3.8) is 0 Å². The van der Waals surface area contributed by atoms with Gasteiger partial charge in [-0.15, -0.1) is 0 Å². The Kier molecular flexibility index (Phi) is 17.4. The molecule has 1 heterocycles. The minimum atomic E-state index is 0.981. The summed E-state index contributed by atoms with van der Waals surface area (Å²) in [5, 5.41) is 8.51. The Labute approximate surface area is 149 Å². The van der Waals surface area contributed by atoms with Crippen molar-refractivity contribution in [1.29, 1.82) is 0 Å². The van der Waals surface area contributed by atoms with Gasteiger partial charge in [-0.25, -0.2) is 0 Å². The molecule has 1 N–H and O–H groups in total. The molecule has 24 heavy (non-hydrogen) atoms. The summed E-state index contributed by atoms with van der Waals surface area (Å²) in [6.45, 7) is 16.2. The summed E-state index contributed by atoms with van der Waals surface area (Å²) >= 11 is 0. The van der Waals surface area contributed by atoms with E-state index in [1.165, 1.54) is 5.57 Å². The van der Waals surface area contributed by atoms with E-state index in [2.05, 4.69) is 47.5 Å². The second kappa shape index (κ2) is 17.3. The first-order valence-corrected chi connectivity index (χ1v) is 9.29. The summed E-state index contributed by atoms with van der Waals surface area (Å²) in [6, 6.07) is 8.15. The lowest BCUT2D eigenvalue weighted by molar-refractivity contribution is 1.11. The molecule has 1 aromatic heterocycles. The molecule has 0 radical (unpaired) electrons. The van der Waals surface area contributed by atoms with E-state index in [4.69, 9.17) is 0 Å². The summed E-state index contributed by atoms with van der Waals surface area (Å²) in [6.07, 6.45) is 11.6. The number of fused-ring (bicyclic) bond motifs is 1. The molecule has 0 aliphatic carbocycles.